The number of halogens is 1. The van der Waals surface area contributed by atoms with Crippen LogP contribution in [0.5, 0.6) is 17.2 Å². The van der Waals surface area contributed by atoms with E-state index in [2.05, 4.69) is 0 Å². The highest BCUT2D eigenvalue weighted by Crippen LogP contribution is 2.40. The molecule has 1 saturated heterocycles. The predicted molar refractivity (Wildman–Crippen MR) is 142 cm³/mol. The summed E-state index contributed by atoms with van der Waals surface area (Å²) < 4.78 is 17.5. The van der Waals surface area contributed by atoms with E-state index in [9.17, 15) is 4.79 Å². The molecule has 0 unspecified atom stereocenters. The Kier molecular flexibility index (Phi) is 7.77. The van der Waals surface area contributed by atoms with Gasteiger partial charge < -0.3 is 14.2 Å². The topological polar surface area (TPSA) is 48.0 Å². The van der Waals surface area contributed by atoms with E-state index in [1.165, 1.54) is 16.7 Å². The number of amides is 1. The normalized spacial score (nSPS) is 14.6. The molecular formula is C26H22ClNO4S2. The van der Waals surface area contributed by atoms with E-state index in [1.54, 1.807) is 25.3 Å². The van der Waals surface area contributed by atoms with E-state index in [1.807, 2.05) is 61.5 Å². The number of hydrogen-bond donors (Lipinski definition) is 0. The molecule has 0 aliphatic carbocycles. The molecule has 0 atom stereocenters. The van der Waals surface area contributed by atoms with Crippen LogP contribution < -0.4 is 19.1 Å². The number of carbonyl (C=O) groups is 1. The number of aryl methyl sites for hydroxylation is 1. The van der Waals surface area contributed by atoms with E-state index in [4.69, 9.17) is 38.0 Å². The fourth-order valence-corrected chi connectivity index (χ4v) is 4.96. The van der Waals surface area contributed by atoms with Crippen molar-refractivity contribution >= 4 is 57.6 Å². The minimum atomic E-state index is -0.176. The molecule has 1 amide bonds. The zero-order valence-electron chi connectivity index (χ0n) is 18.6. The molecule has 4 rings (SSSR count). The van der Waals surface area contributed by atoms with Gasteiger partial charge in [0.1, 0.15) is 19.0 Å². The van der Waals surface area contributed by atoms with Crippen LogP contribution in [-0.4, -0.2) is 30.6 Å². The van der Waals surface area contributed by atoms with Crippen LogP contribution in [-0.2, 0) is 4.79 Å². The Labute approximate surface area is 213 Å². The van der Waals surface area contributed by atoms with Crippen molar-refractivity contribution in [2.45, 2.75) is 6.92 Å². The van der Waals surface area contributed by atoms with E-state index in [0.717, 1.165) is 17.0 Å². The summed E-state index contributed by atoms with van der Waals surface area (Å²) in [6.45, 7) is 2.65. The van der Waals surface area contributed by atoms with E-state index in [-0.39, 0.29) is 5.91 Å². The lowest BCUT2D eigenvalue weighted by Gasteiger charge is -2.14. The van der Waals surface area contributed by atoms with Gasteiger partial charge in [0.25, 0.3) is 5.91 Å². The molecule has 34 heavy (non-hydrogen) atoms. The minimum absolute atomic E-state index is 0.176. The fraction of sp³-hybridized carbons (Fsp3) is 0.154. The first kappa shape index (κ1) is 24.1. The highest BCUT2D eigenvalue weighted by molar-refractivity contribution is 8.27. The molecule has 1 aliphatic rings. The summed E-state index contributed by atoms with van der Waals surface area (Å²) in [5.74, 6) is 1.49. The van der Waals surface area contributed by atoms with Crippen LogP contribution in [0, 0.1) is 6.92 Å². The van der Waals surface area contributed by atoms with Gasteiger partial charge in [-0.05, 0) is 60.5 Å². The summed E-state index contributed by atoms with van der Waals surface area (Å²) in [5, 5.41) is 0.375. The van der Waals surface area contributed by atoms with Crippen molar-refractivity contribution in [2.75, 3.05) is 25.2 Å². The highest BCUT2D eigenvalue weighted by Gasteiger charge is 2.33. The average molecular weight is 512 g/mol. The van der Waals surface area contributed by atoms with Crippen LogP contribution in [0.3, 0.4) is 0 Å². The van der Waals surface area contributed by atoms with Gasteiger partial charge in [-0.2, -0.15) is 0 Å². The number of nitrogens with zero attached hydrogens (tertiary/aromatic N) is 1. The molecule has 1 heterocycles. The fourth-order valence-electron chi connectivity index (χ4n) is 3.39. The molecule has 0 saturated carbocycles. The SMILES string of the molecule is COc1cc(/C=C2\SC(=S)N(c3ccccc3)C2=O)cc(Cl)c1OCCOc1cccc(C)c1. The maximum absolute atomic E-state index is 13.0. The van der Waals surface area contributed by atoms with Crippen LogP contribution in [0.4, 0.5) is 5.69 Å². The second kappa shape index (κ2) is 11.0. The molecule has 0 spiro atoms. The van der Waals surface area contributed by atoms with Crippen LogP contribution in [0.2, 0.25) is 5.02 Å². The second-order valence-electron chi connectivity index (χ2n) is 7.40. The minimum Gasteiger partial charge on any atom is -0.493 e. The molecule has 8 heteroatoms. The van der Waals surface area contributed by atoms with Gasteiger partial charge in [-0.25, -0.2) is 0 Å². The van der Waals surface area contributed by atoms with Crippen molar-refractivity contribution in [2.24, 2.45) is 0 Å². The van der Waals surface area contributed by atoms with Crippen molar-refractivity contribution in [1.82, 2.24) is 0 Å². The van der Waals surface area contributed by atoms with Gasteiger partial charge in [0.2, 0.25) is 0 Å². The lowest BCUT2D eigenvalue weighted by Crippen LogP contribution is -2.27. The van der Waals surface area contributed by atoms with E-state index >= 15 is 0 Å². The van der Waals surface area contributed by atoms with Crippen molar-refractivity contribution < 1.29 is 19.0 Å². The second-order valence-corrected chi connectivity index (χ2v) is 9.48. The number of benzene rings is 3. The summed E-state index contributed by atoms with van der Waals surface area (Å²) in [7, 11) is 1.54. The summed E-state index contributed by atoms with van der Waals surface area (Å²) in [5.41, 5.74) is 2.57. The highest BCUT2D eigenvalue weighted by atomic mass is 35.5. The summed E-state index contributed by atoms with van der Waals surface area (Å²) in [4.78, 5) is 15.0. The number of thiocarbonyl (C=S) groups is 1. The Hall–Kier alpha value is -3.00. The number of methoxy groups -OCH3 is 1. The molecular weight excluding hydrogens is 490 g/mol. The average Bonchev–Trinajstić information content (AvgIpc) is 3.10. The molecule has 0 bridgehead atoms. The van der Waals surface area contributed by atoms with Crippen molar-refractivity contribution in [3.8, 4) is 17.2 Å². The Morgan fingerprint density at radius 2 is 1.79 bits per heavy atom. The third-order valence-electron chi connectivity index (χ3n) is 4.95. The van der Waals surface area contributed by atoms with Gasteiger partial charge in [0, 0.05) is 0 Å². The molecule has 5 nitrogen and oxygen atoms in total. The lowest BCUT2D eigenvalue weighted by molar-refractivity contribution is -0.113. The van der Waals surface area contributed by atoms with Crippen molar-refractivity contribution in [3.05, 3.63) is 87.8 Å². The van der Waals surface area contributed by atoms with Gasteiger partial charge in [-0.15, -0.1) is 0 Å². The zero-order chi connectivity index (χ0) is 24.1. The molecule has 0 radical (unpaired) electrons. The molecule has 3 aromatic rings. The first-order valence-corrected chi connectivity index (χ1v) is 12.1. The van der Waals surface area contributed by atoms with Gasteiger partial charge in [0.15, 0.2) is 15.8 Å². The maximum Gasteiger partial charge on any atom is 0.270 e. The standard InChI is InChI=1S/C26H22ClNO4S2/c1-17-7-6-10-20(13-17)31-11-12-32-24-21(27)14-18(15-22(24)30-2)16-23-25(29)28(26(33)34-23)19-8-4-3-5-9-19/h3-10,13-16H,11-12H2,1-2H3/b23-16-. The van der Waals surface area contributed by atoms with Crippen LogP contribution in [0.15, 0.2) is 71.6 Å². The molecule has 3 aromatic carbocycles. The molecule has 1 aliphatic heterocycles. The number of ether oxygens (including phenoxy) is 3. The van der Waals surface area contributed by atoms with E-state index in [0.29, 0.717) is 44.5 Å². The van der Waals surface area contributed by atoms with Gasteiger partial charge >= 0.3 is 0 Å². The summed E-state index contributed by atoms with van der Waals surface area (Å²) in [6, 6.07) is 20.6. The Balaban J connectivity index is 1.46. The van der Waals surface area contributed by atoms with Crippen LogP contribution >= 0.6 is 35.6 Å². The number of rotatable bonds is 8. The Morgan fingerprint density at radius 3 is 2.53 bits per heavy atom. The largest absolute Gasteiger partial charge is 0.493 e. The number of anilines is 1. The smallest absolute Gasteiger partial charge is 0.270 e. The molecule has 0 aromatic heterocycles. The molecule has 1 fully saturated rings. The first-order chi connectivity index (χ1) is 16.5. The monoisotopic (exact) mass is 511 g/mol. The molecule has 0 N–H and O–H groups in total. The third-order valence-corrected chi connectivity index (χ3v) is 6.53. The van der Waals surface area contributed by atoms with E-state index < -0.39 is 0 Å². The lowest BCUT2D eigenvalue weighted by atomic mass is 10.1. The first-order valence-electron chi connectivity index (χ1n) is 10.5. The van der Waals surface area contributed by atoms with Gasteiger partial charge in [0.05, 0.1) is 22.7 Å². The van der Waals surface area contributed by atoms with Crippen molar-refractivity contribution in [1.29, 1.82) is 0 Å². The Bertz CT molecular complexity index is 1250. The predicted octanol–water partition coefficient (Wildman–Crippen LogP) is 6.52. The van der Waals surface area contributed by atoms with Crippen LogP contribution in [0.25, 0.3) is 6.08 Å². The van der Waals surface area contributed by atoms with Crippen LogP contribution in [0.1, 0.15) is 11.1 Å². The number of thioether (sulfide) groups is 1. The maximum atomic E-state index is 13.0. The Morgan fingerprint density at radius 1 is 1.03 bits per heavy atom. The zero-order valence-corrected chi connectivity index (χ0v) is 21.0. The number of hydrogen-bond acceptors (Lipinski definition) is 6. The quantitative estimate of drug-likeness (QED) is 0.195. The van der Waals surface area contributed by atoms with Gasteiger partial charge in [-0.1, -0.05) is 65.9 Å². The molecule has 174 valence electrons. The summed E-state index contributed by atoms with van der Waals surface area (Å²) >= 11 is 13.2. The van der Waals surface area contributed by atoms with Crippen molar-refractivity contribution in [3.63, 3.8) is 0 Å². The number of para-hydroxylation sites is 1. The third kappa shape index (κ3) is 5.55. The number of carbonyl (C=O) groups excluding carboxylic acids is 1. The van der Waals surface area contributed by atoms with Gasteiger partial charge in [-0.3, -0.25) is 9.69 Å². The summed E-state index contributed by atoms with van der Waals surface area (Å²) in [6.07, 6.45) is 1.75.